The van der Waals surface area contributed by atoms with E-state index in [4.69, 9.17) is 11.6 Å². The molecule has 0 aliphatic heterocycles. The summed E-state index contributed by atoms with van der Waals surface area (Å²) in [5.41, 5.74) is -0.00684. The molecule has 1 atom stereocenters. The number of nitrogens with one attached hydrogen (secondary N) is 2. The first kappa shape index (κ1) is 15.6. The number of urea groups is 1. The predicted octanol–water partition coefficient (Wildman–Crippen LogP) is 2.94. The summed E-state index contributed by atoms with van der Waals surface area (Å²) < 4.78 is 18.1. The standard InChI is InChI=1S/C14H16ClFN2O3/c1-21-13(19)7-11(8-2-3-8)17-14(20)18-12-6-9(15)4-5-10(12)16/h4-6,8,11H,2-3,7H2,1H3,(H2,17,18,20)/t11-/m1/s1. The second-order valence-electron chi connectivity index (χ2n) is 4.95. The van der Waals surface area contributed by atoms with Gasteiger partial charge in [0.05, 0.1) is 19.2 Å². The molecule has 1 aromatic rings. The van der Waals surface area contributed by atoms with Crippen LogP contribution in [0.3, 0.4) is 0 Å². The quantitative estimate of drug-likeness (QED) is 0.821. The van der Waals surface area contributed by atoms with Crippen molar-refractivity contribution >= 4 is 29.3 Å². The Balaban J connectivity index is 1.95. The zero-order valence-electron chi connectivity index (χ0n) is 11.5. The van der Waals surface area contributed by atoms with Crippen molar-refractivity contribution < 1.29 is 18.7 Å². The van der Waals surface area contributed by atoms with Crippen LogP contribution in [0.25, 0.3) is 0 Å². The zero-order valence-corrected chi connectivity index (χ0v) is 12.2. The molecule has 2 N–H and O–H groups in total. The third-order valence-electron chi connectivity index (χ3n) is 3.30. The van der Waals surface area contributed by atoms with Gasteiger partial charge in [0.2, 0.25) is 0 Å². The molecule has 1 saturated carbocycles. The molecule has 2 rings (SSSR count). The van der Waals surface area contributed by atoms with E-state index in [1.54, 1.807) is 0 Å². The Labute approximate surface area is 126 Å². The largest absolute Gasteiger partial charge is 0.469 e. The van der Waals surface area contributed by atoms with E-state index in [0.717, 1.165) is 12.8 Å². The van der Waals surface area contributed by atoms with Crippen LogP contribution in [0.2, 0.25) is 5.02 Å². The highest BCUT2D eigenvalue weighted by molar-refractivity contribution is 6.30. The molecule has 7 heteroatoms. The third kappa shape index (κ3) is 4.60. The molecule has 0 saturated heterocycles. The number of carbonyl (C=O) groups excluding carboxylic acids is 2. The van der Waals surface area contributed by atoms with Gasteiger partial charge in [0.15, 0.2) is 0 Å². The van der Waals surface area contributed by atoms with Crippen molar-refractivity contribution in [3.63, 3.8) is 0 Å². The van der Waals surface area contributed by atoms with E-state index >= 15 is 0 Å². The van der Waals surface area contributed by atoms with Crippen molar-refractivity contribution in [3.05, 3.63) is 29.0 Å². The maximum Gasteiger partial charge on any atom is 0.319 e. The van der Waals surface area contributed by atoms with E-state index in [9.17, 15) is 14.0 Å². The number of esters is 1. The monoisotopic (exact) mass is 314 g/mol. The van der Waals surface area contributed by atoms with Gasteiger partial charge in [0.25, 0.3) is 0 Å². The number of ether oxygens (including phenoxy) is 1. The van der Waals surface area contributed by atoms with E-state index in [-0.39, 0.29) is 30.0 Å². The number of carbonyl (C=O) groups is 2. The summed E-state index contributed by atoms with van der Waals surface area (Å²) in [5, 5.41) is 5.39. The van der Waals surface area contributed by atoms with Crippen molar-refractivity contribution in [1.29, 1.82) is 0 Å². The fourth-order valence-corrected chi connectivity index (χ4v) is 2.19. The molecule has 0 spiro atoms. The molecule has 1 aromatic carbocycles. The van der Waals surface area contributed by atoms with Crippen molar-refractivity contribution in [2.75, 3.05) is 12.4 Å². The highest BCUT2D eigenvalue weighted by atomic mass is 35.5. The lowest BCUT2D eigenvalue weighted by molar-refractivity contribution is -0.141. The minimum absolute atomic E-state index is 0.00684. The highest BCUT2D eigenvalue weighted by Crippen LogP contribution is 2.34. The lowest BCUT2D eigenvalue weighted by atomic mass is 10.1. The Bertz CT molecular complexity index is 549. The van der Waals surface area contributed by atoms with Gasteiger partial charge in [-0.25, -0.2) is 9.18 Å². The van der Waals surface area contributed by atoms with Crippen LogP contribution < -0.4 is 10.6 Å². The molecule has 0 aromatic heterocycles. The van der Waals surface area contributed by atoms with Crippen molar-refractivity contribution in [2.45, 2.75) is 25.3 Å². The Morgan fingerprint density at radius 1 is 1.48 bits per heavy atom. The average molecular weight is 315 g/mol. The van der Waals surface area contributed by atoms with E-state index < -0.39 is 11.8 Å². The van der Waals surface area contributed by atoms with Gasteiger partial charge in [-0.2, -0.15) is 0 Å². The number of rotatable bonds is 5. The first-order chi connectivity index (χ1) is 9.99. The Hall–Kier alpha value is -1.82. The molecule has 0 heterocycles. The van der Waals surface area contributed by atoms with Crippen molar-refractivity contribution in [2.24, 2.45) is 5.92 Å². The van der Waals surface area contributed by atoms with E-state index in [0.29, 0.717) is 5.02 Å². The van der Waals surface area contributed by atoms with Gasteiger partial charge < -0.3 is 15.4 Å². The summed E-state index contributed by atoms with van der Waals surface area (Å²) in [4.78, 5) is 23.2. The number of anilines is 1. The number of hydrogen-bond acceptors (Lipinski definition) is 3. The molecule has 114 valence electrons. The Morgan fingerprint density at radius 3 is 2.81 bits per heavy atom. The maximum absolute atomic E-state index is 13.5. The average Bonchev–Trinajstić information content (AvgIpc) is 3.26. The van der Waals surface area contributed by atoms with E-state index in [2.05, 4.69) is 15.4 Å². The number of methoxy groups -OCH3 is 1. The first-order valence-corrected chi connectivity index (χ1v) is 6.96. The normalized spacial score (nSPS) is 15.2. The molecular formula is C14H16ClFN2O3. The molecule has 5 nitrogen and oxygen atoms in total. The van der Waals surface area contributed by atoms with Crippen LogP contribution in [-0.2, 0) is 9.53 Å². The van der Waals surface area contributed by atoms with Gasteiger partial charge in [-0.05, 0) is 37.0 Å². The summed E-state index contributed by atoms with van der Waals surface area (Å²) in [6, 6.07) is 3.01. The van der Waals surface area contributed by atoms with Gasteiger partial charge in [-0.1, -0.05) is 11.6 Å². The van der Waals surface area contributed by atoms with Crippen LogP contribution in [0.1, 0.15) is 19.3 Å². The molecule has 1 aliphatic rings. The molecule has 1 fully saturated rings. The van der Waals surface area contributed by atoms with Crippen molar-refractivity contribution in [1.82, 2.24) is 5.32 Å². The zero-order chi connectivity index (χ0) is 15.4. The second-order valence-corrected chi connectivity index (χ2v) is 5.38. The fraction of sp³-hybridized carbons (Fsp3) is 0.429. The van der Waals surface area contributed by atoms with Crippen LogP contribution in [0.15, 0.2) is 18.2 Å². The lowest BCUT2D eigenvalue weighted by Crippen LogP contribution is -2.41. The molecule has 0 radical (unpaired) electrons. The summed E-state index contributed by atoms with van der Waals surface area (Å²) >= 11 is 5.75. The molecule has 1 aliphatic carbocycles. The van der Waals surface area contributed by atoms with Crippen LogP contribution >= 0.6 is 11.6 Å². The summed E-state index contributed by atoms with van der Waals surface area (Å²) in [6.07, 6.45) is 2.01. The van der Waals surface area contributed by atoms with Crippen LogP contribution in [0.5, 0.6) is 0 Å². The van der Waals surface area contributed by atoms with Gasteiger partial charge in [-0.15, -0.1) is 0 Å². The topological polar surface area (TPSA) is 67.4 Å². The van der Waals surface area contributed by atoms with Gasteiger partial charge in [0.1, 0.15) is 5.82 Å². The fourth-order valence-electron chi connectivity index (χ4n) is 2.02. The third-order valence-corrected chi connectivity index (χ3v) is 3.53. The summed E-state index contributed by atoms with van der Waals surface area (Å²) in [6.45, 7) is 0. The molecule has 2 amide bonds. The number of halogens is 2. The van der Waals surface area contributed by atoms with E-state index in [1.807, 2.05) is 0 Å². The van der Waals surface area contributed by atoms with Crippen LogP contribution in [0, 0.1) is 11.7 Å². The maximum atomic E-state index is 13.5. The van der Waals surface area contributed by atoms with Gasteiger partial charge in [0, 0.05) is 11.1 Å². The summed E-state index contributed by atoms with van der Waals surface area (Å²) in [7, 11) is 1.30. The smallest absolute Gasteiger partial charge is 0.319 e. The molecule has 0 unspecified atom stereocenters. The molecule has 21 heavy (non-hydrogen) atoms. The number of amides is 2. The number of benzene rings is 1. The van der Waals surface area contributed by atoms with Crippen molar-refractivity contribution in [3.8, 4) is 0 Å². The molecular weight excluding hydrogens is 299 g/mol. The SMILES string of the molecule is COC(=O)C[C@@H](NC(=O)Nc1cc(Cl)ccc1F)C1CC1. The van der Waals surface area contributed by atoms with Gasteiger partial charge >= 0.3 is 12.0 Å². The first-order valence-electron chi connectivity index (χ1n) is 6.59. The van der Waals surface area contributed by atoms with Crippen LogP contribution in [0.4, 0.5) is 14.9 Å². The predicted molar refractivity (Wildman–Crippen MR) is 76.7 cm³/mol. The summed E-state index contributed by atoms with van der Waals surface area (Å²) in [5.74, 6) is -0.703. The van der Waals surface area contributed by atoms with Gasteiger partial charge in [-0.3, -0.25) is 4.79 Å². The minimum atomic E-state index is -0.578. The molecule has 0 bridgehead atoms. The second kappa shape index (κ2) is 6.76. The number of hydrogen-bond donors (Lipinski definition) is 2. The lowest BCUT2D eigenvalue weighted by Gasteiger charge is -2.17. The highest BCUT2D eigenvalue weighted by Gasteiger charge is 2.34. The Kier molecular flexibility index (Phi) is 5.01. The van der Waals surface area contributed by atoms with Crippen LogP contribution in [-0.4, -0.2) is 25.2 Å². The minimum Gasteiger partial charge on any atom is -0.469 e. The van der Waals surface area contributed by atoms with E-state index in [1.165, 1.54) is 25.3 Å². The Morgan fingerprint density at radius 2 is 2.19 bits per heavy atom.